The fourth-order valence-corrected chi connectivity index (χ4v) is 4.57. The first-order valence-electron chi connectivity index (χ1n) is 11.2. The predicted octanol–water partition coefficient (Wildman–Crippen LogP) is 6.68. The minimum atomic E-state index is -0.679. The average Bonchev–Trinajstić information content (AvgIpc) is 2.90. The molecule has 0 atom stereocenters. The van der Waals surface area contributed by atoms with Gasteiger partial charge in [0, 0.05) is 22.5 Å². The first kappa shape index (κ1) is 26.4. The third-order valence-corrected chi connectivity index (χ3v) is 6.63. The molecule has 0 radical (unpaired) electrons. The molecule has 8 nitrogen and oxygen atoms in total. The van der Waals surface area contributed by atoms with Crippen LogP contribution < -0.4 is 10.6 Å². The second-order valence-corrected chi connectivity index (χ2v) is 9.47. The molecular weight excluding hydrogens is 524 g/mol. The van der Waals surface area contributed by atoms with E-state index in [1.54, 1.807) is 30.3 Å². The maximum Gasteiger partial charge on any atom is 0.283 e. The lowest BCUT2D eigenvalue weighted by Gasteiger charge is -2.08. The van der Waals surface area contributed by atoms with Gasteiger partial charge in [-0.3, -0.25) is 19.7 Å². The van der Waals surface area contributed by atoms with Crippen molar-refractivity contribution < 1.29 is 14.5 Å². The van der Waals surface area contributed by atoms with Gasteiger partial charge in [0.15, 0.2) is 0 Å². The summed E-state index contributed by atoms with van der Waals surface area (Å²) in [5.74, 6) is -1.04. The number of carbonyl (C=O) groups is 2. The van der Waals surface area contributed by atoms with Crippen LogP contribution in [0.1, 0.15) is 5.56 Å². The maximum absolute atomic E-state index is 12.5. The SMILES string of the molecule is N#C/C(=C\c1ccc(SCC(=O)Nc2ccc3ccccc3c2)c([N+](=O)[O-])c1)C(=O)Nc1cccc(Cl)c1. The average molecular weight is 543 g/mol. The molecule has 0 heterocycles. The van der Waals surface area contributed by atoms with Gasteiger partial charge in [0.1, 0.15) is 11.6 Å². The monoisotopic (exact) mass is 542 g/mol. The Kier molecular flexibility index (Phi) is 8.38. The topological polar surface area (TPSA) is 125 Å². The minimum Gasteiger partial charge on any atom is -0.325 e. The highest BCUT2D eigenvalue weighted by Gasteiger charge is 2.17. The first-order valence-corrected chi connectivity index (χ1v) is 12.6. The predicted molar refractivity (Wildman–Crippen MR) is 150 cm³/mol. The van der Waals surface area contributed by atoms with Gasteiger partial charge in [0.2, 0.25) is 5.91 Å². The van der Waals surface area contributed by atoms with Crippen molar-refractivity contribution in [3.8, 4) is 6.07 Å². The van der Waals surface area contributed by atoms with Crippen molar-refractivity contribution in [3.05, 3.63) is 111 Å². The van der Waals surface area contributed by atoms with E-state index >= 15 is 0 Å². The summed E-state index contributed by atoms with van der Waals surface area (Å²) in [6.07, 6.45) is 1.26. The maximum atomic E-state index is 12.5. The number of thioether (sulfide) groups is 1. The molecule has 0 unspecified atom stereocenters. The highest BCUT2D eigenvalue weighted by molar-refractivity contribution is 8.00. The van der Waals surface area contributed by atoms with Gasteiger partial charge in [-0.15, -0.1) is 11.8 Å². The van der Waals surface area contributed by atoms with E-state index in [1.807, 2.05) is 42.5 Å². The van der Waals surface area contributed by atoms with Crippen molar-refractivity contribution in [3.63, 3.8) is 0 Å². The number of benzene rings is 4. The summed E-state index contributed by atoms with van der Waals surface area (Å²) < 4.78 is 0. The molecule has 2 amide bonds. The van der Waals surface area contributed by atoms with E-state index in [-0.39, 0.29) is 27.8 Å². The fourth-order valence-electron chi connectivity index (χ4n) is 3.58. The number of nitriles is 1. The van der Waals surface area contributed by atoms with Crippen molar-refractivity contribution >= 4 is 69.1 Å². The zero-order valence-corrected chi connectivity index (χ0v) is 21.3. The van der Waals surface area contributed by atoms with Crippen LogP contribution in [0.15, 0.2) is 95.4 Å². The van der Waals surface area contributed by atoms with Gasteiger partial charge in [-0.25, -0.2) is 0 Å². The second kappa shape index (κ2) is 12.1. The van der Waals surface area contributed by atoms with Gasteiger partial charge in [-0.2, -0.15) is 5.26 Å². The molecule has 0 fully saturated rings. The summed E-state index contributed by atoms with van der Waals surface area (Å²) in [6, 6.07) is 25.8. The van der Waals surface area contributed by atoms with E-state index in [2.05, 4.69) is 10.6 Å². The number of amides is 2. The van der Waals surface area contributed by atoms with E-state index in [4.69, 9.17) is 11.6 Å². The van der Waals surface area contributed by atoms with Crippen LogP contribution in [0.25, 0.3) is 16.8 Å². The van der Waals surface area contributed by atoms with Crippen LogP contribution in [0.4, 0.5) is 17.1 Å². The normalized spacial score (nSPS) is 11.0. The molecule has 0 saturated heterocycles. The number of nitrogens with zero attached hydrogens (tertiary/aromatic N) is 2. The third kappa shape index (κ3) is 6.76. The number of nitro benzene ring substituents is 1. The van der Waals surface area contributed by atoms with Crippen LogP contribution in [0.5, 0.6) is 0 Å². The Morgan fingerprint density at radius 1 is 0.947 bits per heavy atom. The molecule has 0 saturated carbocycles. The highest BCUT2D eigenvalue weighted by atomic mass is 35.5. The Bertz CT molecular complexity index is 1630. The molecule has 38 heavy (non-hydrogen) atoms. The van der Waals surface area contributed by atoms with Crippen molar-refractivity contribution in [1.29, 1.82) is 5.26 Å². The number of anilines is 2. The van der Waals surface area contributed by atoms with Crippen LogP contribution in [0.3, 0.4) is 0 Å². The van der Waals surface area contributed by atoms with Crippen LogP contribution >= 0.6 is 23.4 Å². The highest BCUT2D eigenvalue weighted by Crippen LogP contribution is 2.31. The molecule has 188 valence electrons. The number of hydrogen-bond donors (Lipinski definition) is 2. The van der Waals surface area contributed by atoms with Crippen LogP contribution in [-0.4, -0.2) is 22.5 Å². The Morgan fingerprint density at radius 3 is 2.45 bits per heavy atom. The van der Waals surface area contributed by atoms with E-state index in [9.17, 15) is 25.0 Å². The van der Waals surface area contributed by atoms with Gasteiger partial charge in [0.05, 0.1) is 15.6 Å². The summed E-state index contributed by atoms with van der Waals surface area (Å²) in [6.45, 7) is 0. The quantitative estimate of drug-likeness (QED) is 0.0841. The molecule has 4 rings (SSSR count). The summed E-state index contributed by atoms with van der Waals surface area (Å²) in [7, 11) is 0. The molecule has 0 spiro atoms. The summed E-state index contributed by atoms with van der Waals surface area (Å²) in [5.41, 5.74) is 0.844. The Morgan fingerprint density at radius 2 is 1.71 bits per heavy atom. The fraction of sp³-hybridized carbons (Fsp3) is 0.0357. The molecule has 2 N–H and O–H groups in total. The van der Waals surface area contributed by atoms with Crippen LogP contribution in [-0.2, 0) is 9.59 Å². The van der Waals surface area contributed by atoms with Gasteiger partial charge < -0.3 is 10.6 Å². The zero-order chi connectivity index (χ0) is 27.1. The molecule has 0 aliphatic heterocycles. The number of carbonyl (C=O) groups excluding carboxylic acids is 2. The molecule has 4 aromatic carbocycles. The van der Waals surface area contributed by atoms with Crippen LogP contribution in [0, 0.1) is 21.4 Å². The Labute approximate surface area is 227 Å². The summed E-state index contributed by atoms with van der Waals surface area (Å²) in [5, 5.41) is 29.0. The Balaban J connectivity index is 1.45. The first-order chi connectivity index (χ1) is 18.3. The summed E-state index contributed by atoms with van der Waals surface area (Å²) >= 11 is 6.94. The molecule has 0 aliphatic carbocycles. The molecule has 0 aromatic heterocycles. The van der Waals surface area contributed by atoms with Gasteiger partial charge in [-0.05, 0) is 58.8 Å². The van der Waals surface area contributed by atoms with Gasteiger partial charge >= 0.3 is 0 Å². The lowest BCUT2D eigenvalue weighted by atomic mass is 10.1. The second-order valence-electron chi connectivity index (χ2n) is 8.02. The van der Waals surface area contributed by atoms with E-state index in [1.165, 1.54) is 24.3 Å². The molecular formula is C28H19ClN4O4S. The number of nitrogens with one attached hydrogen (secondary N) is 2. The Hall–Kier alpha value is -4.65. The number of fused-ring (bicyclic) bond motifs is 1. The van der Waals surface area contributed by atoms with Gasteiger partial charge in [-0.1, -0.05) is 54.1 Å². The smallest absolute Gasteiger partial charge is 0.283 e. The van der Waals surface area contributed by atoms with Crippen LogP contribution in [0.2, 0.25) is 5.02 Å². The standard InChI is InChI=1S/C28H19ClN4O4S/c29-22-6-3-7-23(15-22)32-28(35)21(16-30)12-18-8-11-26(25(13-18)33(36)37)38-17-27(34)31-24-10-9-19-4-1-2-5-20(19)14-24/h1-15H,17H2,(H,31,34)(H,32,35)/b21-12+. The van der Waals surface area contributed by atoms with Crippen molar-refractivity contribution in [2.75, 3.05) is 16.4 Å². The number of halogens is 1. The van der Waals surface area contributed by atoms with Gasteiger partial charge in [0.25, 0.3) is 11.6 Å². The summed E-state index contributed by atoms with van der Waals surface area (Å²) in [4.78, 5) is 36.4. The molecule has 0 bridgehead atoms. The van der Waals surface area contributed by atoms with E-state index in [0.29, 0.717) is 22.0 Å². The number of hydrogen-bond acceptors (Lipinski definition) is 6. The lowest BCUT2D eigenvalue weighted by molar-refractivity contribution is -0.387. The third-order valence-electron chi connectivity index (χ3n) is 5.33. The largest absolute Gasteiger partial charge is 0.325 e. The van der Waals surface area contributed by atoms with E-state index < -0.39 is 10.8 Å². The number of rotatable bonds is 8. The van der Waals surface area contributed by atoms with E-state index in [0.717, 1.165) is 22.5 Å². The molecule has 0 aliphatic rings. The molecule has 4 aromatic rings. The zero-order valence-electron chi connectivity index (χ0n) is 19.7. The molecule has 10 heteroatoms. The minimum absolute atomic E-state index is 0.0473. The van der Waals surface area contributed by atoms with Crippen molar-refractivity contribution in [2.24, 2.45) is 0 Å². The van der Waals surface area contributed by atoms with Crippen molar-refractivity contribution in [2.45, 2.75) is 4.90 Å². The lowest BCUT2D eigenvalue weighted by Crippen LogP contribution is -2.14. The number of nitro groups is 1. The van der Waals surface area contributed by atoms with Crippen molar-refractivity contribution in [1.82, 2.24) is 0 Å².